The summed E-state index contributed by atoms with van der Waals surface area (Å²) in [6.07, 6.45) is 8.01. The molecule has 0 spiro atoms. The molecule has 1 unspecified atom stereocenters. The molecule has 0 aromatic heterocycles. The lowest BCUT2D eigenvalue weighted by Gasteiger charge is -2.44. The highest BCUT2D eigenvalue weighted by Crippen LogP contribution is 2.47. The highest BCUT2D eigenvalue weighted by molar-refractivity contribution is 6.79. The number of alkyl carbamates (subject to hydrolysis) is 1. The number of aliphatic hydroxyl groups is 3. The fourth-order valence-corrected chi connectivity index (χ4v) is 42.6. The lowest BCUT2D eigenvalue weighted by Crippen LogP contribution is -2.54. The molecule has 0 aromatic carbocycles. The first-order valence-electron chi connectivity index (χ1n) is 50.7. The van der Waals surface area contributed by atoms with Gasteiger partial charge in [0.25, 0.3) is 0 Å². The van der Waals surface area contributed by atoms with Gasteiger partial charge < -0.3 is 98.1 Å². The molecule has 7 heterocycles. The number of carbonyl (C=O) groups excluding carboxylic acids is 11. The normalized spacial score (nSPS) is 21.7. The van der Waals surface area contributed by atoms with E-state index in [0.29, 0.717) is 164 Å². The topological polar surface area (TPSA) is 439 Å². The van der Waals surface area contributed by atoms with E-state index in [1.54, 1.807) is 18.7 Å². The van der Waals surface area contributed by atoms with Gasteiger partial charge in [-0.2, -0.15) is 0 Å². The molecule has 7 rings (SSSR count). The third-order valence-corrected chi connectivity index (χ3v) is 50.9. The van der Waals surface area contributed by atoms with E-state index < -0.39 is 97.7 Å². The molecular weight excluding hydrogens is 1830 g/mol. The highest BCUT2D eigenvalue weighted by Gasteiger charge is 2.53. The lowest BCUT2D eigenvalue weighted by atomic mass is 10.1. The Hall–Kier alpha value is -6.17. The number of rotatable bonds is 32. The van der Waals surface area contributed by atoms with E-state index in [2.05, 4.69) is 197 Å². The number of methoxy groups -OCH3 is 1. The maximum Gasteiger partial charge on any atom is 0.417 e. The SMILES string of the molecule is CC(=O)CC[C@H](CO[Si](C(C)C)(C(C)C)C(C)C)NC(=O)OC(C)(C)C.CC(C)[Si](OC[C@H]1CCC(=O)N1)(C(C)C)C(C)C.CC(C)[Si](OC[C@H]1CCC(=O)N1C(=O)OC(C)(C)C)(C(C)C)C(C)C.CC(C)[Si](OC[C@H]1CCC(C)(O)N1C(=O)OC(C)(C)C)(C(C)C)C(C)C.COC(=O)[C@H]1CCC(=O)N1.C[C@@H]1CC[C@H](CO)N1C(=O)OC(C)(C)C.O=C1CC[C@H](C(=O)O)N1.O=C1CC[C@H](CO)N1. The summed E-state index contributed by atoms with van der Waals surface area (Å²) in [7, 11) is -6.51. The van der Waals surface area contributed by atoms with Crippen LogP contribution in [0.1, 0.15) is 373 Å². The van der Waals surface area contributed by atoms with E-state index in [-0.39, 0.29) is 103 Å². The van der Waals surface area contributed by atoms with Gasteiger partial charge in [0.05, 0.1) is 83.0 Å². The number of likely N-dealkylation sites (tertiary alicyclic amines) is 3. The van der Waals surface area contributed by atoms with Crippen molar-refractivity contribution in [1.29, 1.82) is 0 Å². The number of hydrogen-bond acceptors (Lipinski definition) is 24. The molecule has 800 valence electrons. The van der Waals surface area contributed by atoms with Gasteiger partial charge >= 0.3 is 36.3 Å². The van der Waals surface area contributed by atoms with Crippen molar-refractivity contribution in [3.63, 3.8) is 0 Å². The zero-order chi connectivity index (χ0) is 107. The summed E-state index contributed by atoms with van der Waals surface area (Å²) < 4.78 is 52.4. The van der Waals surface area contributed by atoms with Crippen molar-refractivity contribution in [2.45, 2.75) is 522 Å². The van der Waals surface area contributed by atoms with Crippen molar-refractivity contribution in [2.75, 3.05) is 46.8 Å². The van der Waals surface area contributed by atoms with Crippen LogP contribution < -0.4 is 26.6 Å². The molecule has 0 radical (unpaired) electrons. The maximum absolute atomic E-state index is 12.7. The Bertz CT molecular complexity index is 3630. The molecule has 10 atom stereocenters. The Kier molecular flexibility index (Phi) is 55.9. The summed E-state index contributed by atoms with van der Waals surface area (Å²) in [4.78, 5) is 141. The number of hydrogen-bond donors (Lipinski definition) is 9. The number of nitrogens with one attached hydrogen (secondary N) is 5. The maximum atomic E-state index is 12.7. The number of Topliss-reactive ketones (excluding diaryl/α,β-unsaturated/α-hetero) is 1. The van der Waals surface area contributed by atoms with Gasteiger partial charge in [0.1, 0.15) is 46.0 Å². The zero-order valence-electron chi connectivity index (χ0n) is 92.4. The van der Waals surface area contributed by atoms with Crippen molar-refractivity contribution >= 4 is 105 Å². The van der Waals surface area contributed by atoms with E-state index in [0.717, 1.165) is 32.1 Å². The van der Waals surface area contributed by atoms with E-state index in [4.69, 9.17) is 52.0 Å². The van der Waals surface area contributed by atoms with E-state index in [9.17, 15) is 62.6 Å². The predicted octanol–water partition coefficient (Wildman–Crippen LogP) is 19.1. The second kappa shape index (κ2) is 58.6. The molecular formula is C100H194N8O25Si4. The molecule has 7 fully saturated rings. The fraction of sp³-hybridized carbons (Fsp3) is 0.880. The van der Waals surface area contributed by atoms with Crippen molar-refractivity contribution in [3.8, 4) is 0 Å². The van der Waals surface area contributed by atoms with Crippen LogP contribution in [-0.4, -0.2) is 269 Å². The van der Waals surface area contributed by atoms with E-state index >= 15 is 0 Å². The molecule has 137 heavy (non-hydrogen) atoms. The zero-order valence-corrected chi connectivity index (χ0v) is 96.4. The van der Waals surface area contributed by atoms with Crippen LogP contribution in [0.4, 0.5) is 19.2 Å². The summed E-state index contributed by atoms with van der Waals surface area (Å²) >= 11 is 0. The summed E-state index contributed by atoms with van der Waals surface area (Å²) in [6, 6.07) is -1.28. The first-order chi connectivity index (χ1) is 62.6. The molecule has 9 N–H and O–H groups in total. The first-order valence-corrected chi connectivity index (χ1v) is 59.2. The average Bonchev–Trinajstić information content (AvgIpc) is 1.72. The number of carboxylic acids is 1. The Morgan fingerprint density at radius 2 is 0.788 bits per heavy atom. The number of nitrogens with zero attached hydrogens (tertiary/aromatic N) is 3. The van der Waals surface area contributed by atoms with Gasteiger partial charge in [-0.3, -0.25) is 28.9 Å². The third-order valence-electron chi connectivity index (χ3n) is 26.6. The monoisotopic (exact) mass is 2020 g/mol. The van der Waals surface area contributed by atoms with Crippen LogP contribution in [0.2, 0.25) is 66.5 Å². The smallest absolute Gasteiger partial charge is 0.417 e. The summed E-state index contributed by atoms with van der Waals surface area (Å²) in [5.41, 5.74) is 2.68. The van der Waals surface area contributed by atoms with Crippen LogP contribution >= 0.6 is 0 Å². The fourth-order valence-electron chi connectivity index (χ4n) is 20.6. The Morgan fingerprint density at radius 1 is 0.431 bits per heavy atom. The molecule has 7 aliphatic heterocycles. The number of carboxylic acid groups (broad SMARTS) is 1. The summed E-state index contributed by atoms with van der Waals surface area (Å²) in [5.74, 6) is -1.35. The minimum atomic E-state index is -2.02. The number of aliphatic carboxylic acids is 1. The van der Waals surface area contributed by atoms with Gasteiger partial charge in [-0.25, -0.2) is 33.7 Å². The molecule has 0 bridgehead atoms. The van der Waals surface area contributed by atoms with Crippen LogP contribution in [0.3, 0.4) is 0 Å². The first kappa shape index (κ1) is 131. The Labute approximate surface area is 829 Å². The number of amides is 9. The van der Waals surface area contributed by atoms with Crippen LogP contribution in [-0.2, 0) is 79.7 Å². The minimum absolute atomic E-state index is 0.0174. The molecule has 37 heteroatoms. The average molecular weight is 2020 g/mol. The molecule has 9 amide bonds. The van der Waals surface area contributed by atoms with Crippen molar-refractivity contribution in [1.82, 2.24) is 41.3 Å². The molecule has 0 aliphatic carbocycles. The van der Waals surface area contributed by atoms with Crippen molar-refractivity contribution < 1.29 is 119 Å². The van der Waals surface area contributed by atoms with Gasteiger partial charge in [0, 0.05) is 44.6 Å². The summed E-state index contributed by atoms with van der Waals surface area (Å²) in [6.45, 7) is 83.4. The molecule has 7 aliphatic rings. The van der Waals surface area contributed by atoms with Crippen molar-refractivity contribution in [2.24, 2.45) is 0 Å². The second-order valence-corrected chi connectivity index (χ2v) is 67.8. The van der Waals surface area contributed by atoms with E-state index in [1.165, 1.54) is 16.9 Å². The second-order valence-electron chi connectivity index (χ2n) is 45.9. The van der Waals surface area contributed by atoms with Crippen LogP contribution in [0.15, 0.2) is 0 Å². The summed E-state index contributed by atoms with van der Waals surface area (Å²) in [5, 5.41) is 50.0. The van der Waals surface area contributed by atoms with Gasteiger partial charge in [-0.1, -0.05) is 166 Å². The van der Waals surface area contributed by atoms with Gasteiger partial charge in [0.2, 0.25) is 29.5 Å². The minimum Gasteiger partial charge on any atom is -0.480 e. The van der Waals surface area contributed by atoms with Gasteiger partial charge in [0.15, 0.2) is 33.3 Å². The lowest BCUT2D eigenvalue weighted by molar-refractivity contribution is -0.143. The number of aliphatic hydroxyl groups excluding tert-OH is 2. The van der Waals surface area contributed by atoms with Crippen LogP contribution in [0.25, 0.3) is 0 Å². The van der Waals surface area contributed by atoms with Gasteiger partial charge in [-0.05, 0) is 235 Å². The number of ether oxygens (including phenoxy) is 5. The third kappa shape index (κ3) is 42.7. The van der Waals surface area contributed by atoms with Crippen molar-refractivity contribution in [3.05, 3.63) is 0 Å². The molecule has 33 nitrogen and oxygen atoms in total. The Morgan fingerprint density at radius 3 is 1.12 bits per heavy atom. The highest BCUT2D eigenvalue weighted by atomic mass is 28.4. The molecule has 7 saturated heterocycles. The number of esters is 1. The quantitative estimate of drug-likeness (QED) is 0.0172. The van der Waals surface area contributed by atoms with Gasteiger partial charge in [-0.15, -0.1) is 0 Å². The standard InChI is InChI=1S/2C20H41NO4Si.C19H37NO4Si.C14H29NO2Si.C11H21NO3.C6H9NO3.C5H7NO3.C5H9NO2/c1-14(2)26(15(3)4,16(5)6)24-13-17-11-12-20(10,23)21(17)18(22)25-19(7,8)9;1-14(2)26(15(3)4,16(5)6)24-13-18(12-11-17(7)22)21-19(23)25-20(8,9)10;1-13(2)25(14(3)4,15(5)6)23-12-16-10-11-17(21)20(16)18(22)24-19(7,8)9;1-10(2)18(11(3)4,12(5)6)17-9-13-7-8-14(16)15-13;1-8-5-6-9(7-13)12(8)10(14)15-11(2,3)4;1-10-6(9)4-2-3-5(8)7-4;7-4-2-1-3(6-4)5(8)9;7-3-4-1-2-5(8)6-4/h14-17,23H,11-13H2,1-10H3;14-16,18H,11-13H2,1-10H3,(H,21,23);13-16H,10-12H2,1-9H3;10-13H,7-9H2,1-6H3,(H,15,16);8-9,13H,5-7H2,1-4H3;4H,2-3H2,1H3,(H,7,8);3H,1-2H2,(H,6,7)(H,8,9);4,7H,1-3H2,(H,6,8)/t17-,20?;18-;16-;13-;8-,9-;4-;3-;4-/m11111111/s1. The number of imide groups is 1. The van der Waals surface area contributed by atoms with Crippen LogP contribution in [0, 0.1) is 0 Å². The largest absolute Gasteiger partial charge is 0.480 e. The van der Waals surface area contributed by atoms with Crippen LogP contribution in [0.5, 0.6) is 0 Å². The molecule has 0 saturated carbocycles. The number of ketones is 1. The van der Waals surface area contributed by atoms with E-state index in [1.807, 2.05) is 90.0 Å². The number of carbonyl (C=O) groups is 12. The molecule has 0 aromatic rings. The Balaban J connectivity index is 0.00000159. The predicted molar refractivity (Wildman–Crippen MR) is 548 cm³/mol.